The Morgan fingerprint density at radius 2 is 2.06 bits per heavy atom. The highest BCUT2D eigenvalue weighted by atomic mass is 32.1. The van der Waals surface area contributed by atoms with Crippen LogP contribution in [-0.4, -0.2) is 33.1 Å². The summed E-state index contributed by atoms with van der Waals surface area (Å²) in [6, 6.07) is 0. The van der Waals surface area contributed by atoms with Gasteiger partial charge in [-0.25, -0.2) is 0 Å². The second-order valence-electron chi connectivity index (χ2n) is 6.19. The lowest BCUT2D eigenvalue weighted by Gasteiger charge is -2.38. The van der Waals surface area contributed by atoms with E-state index in [0.717, 1.165) is 6.42 Å². The Balaban J connectivity index is 2.53. The molecule has 0 aliphatic carbocycles. The second-order valence-corrected chi connectivity index (χ2v) is 11.3. The van der Waals surface area contributed by atoms with Crippen LogP contribution < -0.4 is 0 Å². The van der Waals surface area contributed by atoms with Gasteiger partial charge >= 0.3 is 0 Å². The normalized spacial score (nSPS) is 25.0. The summed E-state index contributed by atoms with van der Waals surface area (Å²) >= 11 is 4.11. The number of hydrogen-bond donors (Lipinski definition) is 1. The second kappa shape index (κ2) is 6.46. The Bertz CT molecular complexity index is 286. The summed E-state index contributed by atoms with van der Waals surface area (Å²) in [5.41, 5.74) is 0. The van der Waals surface area contributed by atoms with E-state index in [1.807, 2.05) is 6.08 Å². The molecule has 1 aliphatic rings. The molecule has 18 heavy (non-hydrogen) atoms. The van der Waals surface area contributed by atoms with Crippen molar-refractivity contribution >= 4 is 20.9 Å². The van der Waals surface area contributed by atoms with Gasteiger partial charge in [0.05, 0.1) is 18.8 Å². The summed E-state index contributed by atoms with van der Waals surface area (Å²) in [6.07, 6.45) is 4.63. The van der Waals surface area contributed by atoms with E-state index in [1.54, 1.807) is 6.26 Å². The van der Waals surface area contributed by atoms with Gasteiger partial charge in [-0.1, -0.05) is 20.8 Å². The largest absolute Gasteiger partial charge is 0.493 e. The van der Waals surface area contributed by atoms with Gasteiger partial charge in [-0.05, 0) is 30.6 Å². The Morgan fingerprint density at radius 3 is 2.61 bits per heavy atom. The summed E-state index contributed by atoms with van der Waals surface area (Å²) in [4.78, 5) is 0. The van der Waals surface area contributed by atoms with Crippen molar-refractivity contribution in [3.05, 3.63) is 12.3 Å². The molecular formula is C13H26O3SSi. The average molecular weight is 291 g/mol. The van der Waals surface area contributed by atoms with Crippen molar-refractivity contribution in [3.8, 4) is 0 Å². The molecule has 0 aromatic carbocycles. The summed E-state index contributed by atoms with van der Waals surface area (Å²) in [7, 11) is -1.72. The molecule has 0 radical (unpaired) electrons. The molecular weight excluding hydrogens is 264 g/mol. The molecule has 0 aromatic heterocycles. The molecule has 0 spiro atoms. The van der Waals surface area contributed by atoms with E-state index in [1.165, 1.54) is 0 Å². The monoisotopic (exact) mass is 290 g/mol. The van der Waals surface area contributed by atoms with Crippen LogP contribution in [0.5, 0.6) is 0 Å². The van der Waals surface area contributed by atoms with Gasteiger partial charge in [0.2, 0.25) is 0 Å². The van der Waals surface area contributed by atoms with Gasteiger partial charge in [0.1, 0.15) is 12.2 Å². The van der Waals surface area contributed by atoms with Crippen LogP contribution in [0.1, 0.15) is 27.2 Å². The SMILES string of the molecule is CC(C)(C)[Si](C)(C)OC[C@H]1OC=CC[C@@H]1OCS. The topological polar surface area (TPSA) is 27.7 Å². The first-order chi connectivity index (χ1) is 8.28. The van der Waals surface area contributed by atoms with Crippen LogP contribution in [0.4, 0.5) is 0 Å². The minimum Gasteiger partial charge on any atom is -0.493 e. The van der Waals surface area contributed by atoms with Crippen LogP contribution in [0.15, 0.2) is 12.3 Å². The first-order valence-electron chi connectivity index (χ1n) is 6.45. The molecule has 0 amide bonds. The van der Waals surface area contributed by atoms with E-state index < -0.39 is 8.32 Å². The standard InChI is InChI=1S/C13H26O3SSi/c1-13(2,3)18(4,5)16-9-12-11(15-10-17)7-6-8-14-12/h6,8,11-12,17H,7,9-10H2,1-5H3/t11-,12+/m0/s1. The van der Waals surface area contributed by atoms with E-state index in [4.69, 9.17) is 13.9 Å². The zero-order valence-corrected chi connectivity index (χ0v) is 14.0. The summed E-state index contributed by atoms with van der Waals surface area (Å²) in [5, 5.41) is 0.220. The lowest BCUT2D eigenvalue weighted by Crippen LogP contribution is -2.45. The van der Waals surface area contributed by atoms with Gasteiger partial charge < -0.3 is 13.9 Å². The molecule has 2 atom stereocenters. The molecule has 1 rings (SSSR count). The maximum Gasteiger partial charge on any atom is 0.192 e. The fourth-order valence-corrected chi connectivity index (χ4v) is 2.72. The molecule has 5 heteroatoms. The van der Waals surface area contributed by atoms with Crippen molar-refractivity contribution < 1.29 is 13.9 Å². The van der Waals surface area contributed by atoms with Gasteiger partial charge in [-0.2, -0.15) is 12.6 Å². The summed E-state index contributed by atoms with van der Waals surface area (Å²) in [5.74, 6) is 0.415. The van der Waals surface area contributed by atoms with Crippen molar-refractivity contribution in [1.82, 2.24) is 0 Å². The quantitative estimate of drug-likeness (QED) is 0.476. The zero-order chi connectivity index (χ0) is 13.8. The smallest absolute Gasteiger partial charge is 0.192 e. The van der Waals surface area contributed by atoms with E-state index in [0.29, 0.717) is 12.5 Å². The van der Waals surface area contributed by atoms with Gasteiger partial charge in [-0.3, -0.25) is 0 Å². The fraction of sp³-hybridized carbons (Fsp3) is 0.846. The molecule has 0 saturated heterocycles. The Morgan fingerprint density at radius 1 is 1.39 bits per heavy atom. The third-order valence-corrected chi connectivity index (χ3v) is 8.49. The first-order valence-corrected chi connectivity index (χ1v) is 9.99. The average Bonchev–Trinajstić information content (AvgIpc) is 2.27. The number of rotatable bonds is 5. The maximum absolute atomic E-state index is 6.19. The van der Waals surface area contributed by atoms with Gasteiger partial charge in [0, 0.05) is 0 Å². The molecule has 0 N–H and O–H groups in total. The summed E-state index contributed by atoms with van der Waals surface area (Å²) in [6.45, 7) is 11.8. The number of hydrogen-bond acceptors (Lipinski definition) is 4. The van der Waals surface area contributed by atoms with Crippen molar-refractivity contribution in [2.45, 2.75) is 57.5 Å². The van der Waals surface area contributed by atoms with E-state index in [2.05, 4.69) is 46.5 Å². The first kappa shape index (κ1) is 16.1. The zero-order valence-electron chi connectivity index (χ0n) is 12.1. The van der Waals surface area contributed by atoms with Crippen molar-refractivity contribution in [1.29, 1.82) is 0 Å². The van der Waals surface area contributed by atoms with Crippen LogP contribution in [0.25, 0.3) is 0 Å². The van der Waals surface area contributed by atoms with Crippen molar-refractivity contribution in [2.75, 3.05) is 12.5 Å². The van der Waals surface area contributed by atoms with Crippen LogP contribution in [0, 0.1) is 0 Å². The number of ether oxygens (including phenoxy) is 2. The molecule has 0 fully saturated rings. The highest BCUT2D eigenvalue weighted by Gasteiger charge is 2.38. The van der Waals surface area contributed by atoms with Crippen molar-refractivity contribution in [3.63, 3.8) is 0 Å². The van der Waals surface area contributed by atoms with Gasteiger partial charge in [0.15, 0.2) is 8.32 Å². The minimum atomic E-state index is -1.72. The number of thiol groups is 1. The summed E-state index contributed by atoms with van der Waals surface area (Å²) < 4.78 is 17.4. The van der Waals surface area contributed by atoms with Crippen molar-refractivity contribution in [2.24, 2.45) is 0 Å². The molecule has 3 nitrogen and oxygen atoms in total. The molecule has 0 saturated carbocycles. The molecule has 0 unspecified atom stereocenters. The fourth-order valence-electron chi connectivity index (χ4n) is 1.51. The minimum absolute atomic E-state index is 0.0173. The molecule has 0 aromatic rings. The third-order valence-electron chi connectivity index (χ3n) is 3.84. The molecule has 1 aliphatic heterocycles. The molecule has 106 valence electrons. The maximum atomic E-state index is 6.19. The third kappa shape index (κ3) is 4.30. The Labute approximate surface area is 117 Å². The van der Waals surface area contributed by atoms with Crippen LogP contribution in [0.2, 0.25) is 18.1 Å². The highest BCUT2D eigenvalue weighted by molar-refractivity contribution is 7.80. The highest BCUT2D eigenvalue weighted by Crippen LogP contribution is 2.36. The Kier molecular flexibility index (Phi) is 5.77. The lowest BCUT2D eigenvalue weighted by atomic mass is 10.1. The van der Waals surface area contributed by atoms with Gasteiger partial charge in [-0.15, -0.1) is 0 Å². The van der Waals surface area contributed by atoms with Crippen LogP contribution >= 0.6 is 12.6 Å². The predicted octanol–water partition coefficient (Wildman–Crippen LogP) is 3.58. The lowest BCUT2D eigenvalue weighted by molar-refractivity contribution is -0.0539. The van der Waals surface area contributed by atoms with Crippen LogP contribution in [-0.2, 0) is 13.9 Å². The van der Waals surface area contributed by atoms with Gasteiger partial charge in [0.25, 0.3) is 0 Å². The molecule has 1 heterocycles. The van der Waals surface area contributed by atoms with E-state index in [-0.39, 0.29) is 17.2 Å². The van der Waals surface area contributed by atoms with Crippen LogP contribution in [0.3, 0.4) is 0 Å². The van der Waals surface area contributed by atoms with E-state index in [9.17, 15) is 0 Å². The Hall–Kier alpha value is 0.0269. The molecule has 0 bridgehead atoms. The van der Waals surface area contributed by atoms with E-state index >= 15 is 0 Å². The predicted molar refractivity (Wildman–Crippen MR) is 80.5 cm³/mol.